The van der Waals surface area contributed by atoms with Gasteiger partial charge in [-0.1, -0.05) is 30.3 Å². The fourth-order valence-electron chi connectivity index (χ4n) is 1.97. The van der Waals surface area contributed by atoms with E-state index in [0.29, 0.717) is 16.9 Å². The van der Waals surface area contributed by atoms with Gasteiger partial charge in [0.15, 0.2) is 11.9 Å². The van der Waals surface area contributed by atoms with Crippen molar-refractivity contribution in [1.82, 2.24) is 10.6 Å². The normalized spacial score (nSPS) is 11.2. The zero-order valence-corrected chi connectivity index (χ0v) is 13.4. The smallest absolute Gasteiger partial charge is 0.321 e. The molecular formula is C18H18N2O4. The van der Waals surface area contributed by atoms with Gasteiger partial charge in [-0.15, -0.1) is 0 Å². The van der Waals surface area contributed by atoms with Crippen LogP contribution in [0.1, 0.15) is 22.8 Å². The summed E-state index contributed by atoms with van der Waals surface area (Å²) in [7, 11) is 1.41. The maximum Gasteiger partial charge on any atom is 0.321 e. The van der Waals surface area contributed by atoms with Crippen LogP contribution in [0.5, 0.6) is 5.75 Å². The number of nitrogens with one attached hydrogen (secondary N) is 2. The molecule has 2 rings (SSSR count). The molecule has 0 saturated carbocycles. The Labute approximate surface area is 139 Å². The monoisotopic (exact) mass is 326 g/mol. The van der Waals surface area contributed by atoms with Crippen LogP contribution in [-0.4, -0.2) is 30.9 Å². The molecule has 0 unspecified atom stereocenters. The molecule has 1 atom stereocenters. The number of hydrogen-bond donors (Lipinski definition) is 2. The molecule has 2 aromatic rings. The number of ketones is 1. The average molecular weight is 326 g/mol. The Morgan fingerprint density at radius 3 is 2.08 bits per heavy atom. The third-order valence-corrected chi connectivity index (χ3v) is 3.30. The lowest BCUT2D eigenvalue weighted by Crippen LogP contribution is -2.43. The summed E-state index contributed by atoms with van der Waals surface area (Å²) in [6.45, 7) is 1.53. The summed E-state index contributed by atoms with van der Waals surface area (Å²) >= 11 is 0. The highest BCUT2D eigenvalue weighted by Crippen LogP contribution is 2.16. The number of amides is 3. The lowest BCUT2D eigenvalue weighted by Gasteiger charge is -2.14. The molecule has 6 heteroatoms. The summed E-state index contributed by atoms with van der Waals surface area (Å²) in [6, 6.07) is 14.8. The summed E-state index contributed by atoms with van der Waals surface area (Å²) in [5, 5.41) is 4.42. The number of carbonyl (C=O) groups is 3. The third-order valence-electron chi connectivity index (χ3n) is 3.30. The molecule has 24 heavy (non-hydrogen) atoms. The molecule has 0 radical (unpaired) electrons. The number of urea groups is 1. The van der Waals surface area contributed by atoms with Gasteiger partial charge in [-0.25, -0.2) is 4.79 Å². The summed E-state index contributed by atoms with van der Waals surface area (Å²) in [5.74, 6) is -0.217. The molecule has 0 bridgehead atoms. The molecular weight excluding hydrogens is 308 g/mol. The van der Waals surface area contributed by atoms with Crippen molar-refractivity contribution in [2.45, 2.75) is 13.0 Å². The number of benzene rings is 2. The van der Waals surface area contributed by atoms with Crippen LogP contribution in [0.3, 0.4) is 0 Å². The molecule has 0 aliphatic heterocycles. The molecule has 0 aliphatic rings. The minimum absolute atomic E-state index is 0.0902. The molecule has 124 valence electrons. The van der Waals surface area contributed by atoms with Gasteiger partial charge in [0.2, 0.25) is 0 Å². The van der Waals surface area contributed by atoms with Crippen molar-refractivity contribution in [3.63, 3.8) is 0 Å². The van der Waals surface area contributed by atoms with Crippen molar-refractivity contribution in [3.05, 3.63) is 65.7 Å². The number of rotatable bonds is 5. The molecule has 0 aromatic heterocycles. The second-order valence-electron chi connectivity index (χ2n) is 5.05. The van der Waals surface area contributed by atoms with E-state index >= 15 is 0 Å². The van der Waals surface area contributed by atoms with Crippen LogP contribution in [0, 0.1) is 0 Å². The van der Waals surface area contributed by atoms with Gasteiger partial charge in [0.1, 0.15) is 5.75 Å². The molecule has 0 aliphatic carbocycles. The molecule has 2 aromatic carbocycles. The fourth-order valence-corrected chi connectivity index (χ4v) is 1.97. The van der Waals surface area contributed by atoms with Crippen molar-refractivity contribution in [2.24, 2.45) is 0 Å². The fraction of sp³-hybridized carbons (Fsp3) is 0.167. The third kappa shape index (κ3) is 4.42. The Morgan fingerprint density at radius 2 is 1.50 bits per heavy atom. The van der Waals surface area contributed by atoms with E-state index in [-0.39, 0.29) is 5.78 Å². The van der Waals surface area contributed by atoms with Crippen molar-refractivity contribution in [1.29, 1.82) is 0 Å². The average Bonchev–Trinajstić information content (AvgIpc) is 2.62. The number of ether oxygens (including phenoxy) is 1. The standard InChI is InChI=1S/C18H18N2O4/c1-12(17(22)20-18(23)19-2)24-15-10-8-14(9-11-15)16(21)13-6-4-3-5-7-13/h3-12H,1-2H3,(H2,19,20,22,23)/t12-/m0/s1. The minimum Gasteiger partial charge on any atom is -0.481 e. The summed E-state index contributed by atoms with van der Waals surface area (Å²) in [6.07, 6.45) is -0.849. The van der Waals surface area contributed by atoms with Crippen LogP contribution in [0.4, 0.5) is 4.79 Å². The first kappa shape index (κ1) is 17.2. The van der Waals surface area contributed by atoms with E-state index in [1.54, 1.807) is 48.5 Å². The van der Waals surface area contributed by atoms with Gasteiger partial charge in [-0.05, 0) is 31.2 Å². The van der Waals surface area contributed by atoms with Gasteiger partial charge in [0.05, 0.1) is 0 Å². The summed E-state index contributed by atoms with van der Waals surface area (Å²) < 4.78 is 5.46. The second-order valence-corrected chi connectivity index (χ2v) is 5.05. The van der Waals surface area contributed by atoms with E-state index in [1.165, 1.54) is 14.0 Å². The Morgan fingerprint density at radius 1 is 0.917 bits per heavy atom. The zero-order chi connectivity index (χ0) is 17.5. The highest BCUT2D eigenvalue weighted by molar-refractivity contribution is 6.09. The van der Waals surface area contributed by atoms with Gasteiger partial charge >= 0.3 is 6.03 Å². The Hall–Kier alpha value is -3.15. The maximum atomic E-state index is 12.3. The quantitative estimate of drug-likeness (QED) is 0.825. The molecule has 0 heterocycles. The minimum atomic E-state index is -0.849. The van der Waals surface area contributed by atoms with Crippen molar-refractivity contribution >= 4 is 17.7 Å². The number of carbonyl (C=O) groups excluding carboxylic acids is 3. The van der Waals surface area contributed by atoms with Crippen molar-refractivity contribution < 1.29 is 19.1 Å². The van der Waals surface area contributed by atoms with Crippen LogP contribution in [0.15, 0.2) is 54.6 Å². The first-order chi connectivity index (χ1) is 11.5. The topological polar surface area (TPSA) is 84.5 Å². The first-order valence-electron chi connectivity index (χ1n) is 7.40. The van der Waals surface area contributed by atoms with Crippen LogP contribution < -0.4 is 15.4 Å². The van der Waals surface area contributed by atoms with E-state index in [2.05, 4.69) is 10.6 Å². The van der Waals surface area contributed by atoms with Crippen molar-refractivity contribution in [2.75, 3.05) is 7.05 Å². The van der Waals surface area contributed by atoms with Gasteiger partial charge < -0.3 is 10.1 Å². The van der Waals surface area contributed by atoms with E-state index in [0.717, 1.165) is 0 Å². The number of imide groups is 1. The van der Waals surface area contributed by atoms with Gasteiger partial charge in [-0.2, -0.15) is 0 Å². The van der Waals surface area contributed by atoms with Gasteiger partial charge in [0.25, 0.3) is 5.91 Å². The van der Waals surface area contributed by atoms with E-state index in [1.807, 2.05) is 6.07 Å². The molecule has 6 nitrogen and oxygen atoms in total. The van der Waals surface area contributed by atoms with E-state index in [4.69, 9.17) is 4.74 Å². The Kier molecular flexibility index (Phi) is 5.68. The van der Waals surface area contributed by atoms with Crippen LogP contribution >= 0.6 is 0 Å². The van der Waals surface area contributed by atoms with Crippen LogP contribution in [-0.2, 0) is 4.79 Å². The van der Waals surface area contributed by atoms with Gasteiger partial charge in [0, 0.05) is 18.2 Å². The largest absolute Gasteiger partial charge is 0.481 e. The lowest BCUT2D eigenvalue weighted by molar-refractivity contribution is -0.126. The SMILES string of the molecule is CNC(=O)NC(=O)[C@H](C)Oc1ccc(C(=O)c2ccccc2)cc1. The predicted molar refractivity (Wildman–Crippen MR) is 89.0 cm³/mol. The van der Waals surface area contributed by atoms with Crippen LogP contribution in [0.25, 0.3) is 0 Å². The highest BCUT2D eigenvalue weighted by atomic mass is 16.5. The molecule has 0 saturated heterocycles. The van der Waals surface area contributed by atoms with Gasteiger partial charge in [-0.3, -0.25) is 14.9 Å². The maximum absolute atomic E-state index is 12.3. The highest BCUT2D eigenvalue weighted by Gasteiger charge is 2.17. The molecule has 0 fully saturated rings. The molecule has 0 spiro atoms. The molecule has 3 amide bonds. The number of hydrogen-bond acceptors (Lipinski definition) is 4. The predicted octanol–water partition coefficient (Wildman–Crippen LogP) is 2.14. The summed E-state index contributed by atoms with van der Waals surface area (Å²) in [5.41, 5.74) is 1.13. The first-order valence-corrected chi connectivity index (χ1v) is 7.40. The van der Waals surface area contributed by atoms with E-state index in [9.17, 15) is 14.4 Å². The second kappa shape index (κ2) is 7.92. The van der Waals surface area contributed by atoms with Crippen LogP contribution in [0.2, 0.25) is 0 Å². The Bertz CT molecular complexity index is 726. The van der Waals surface area contributed by atoms with E-state index < -0.39 is 18.0 Å². The zero-order valence-electron chi connectivity index (χ0n) is 13.4. The molecule has 2 N–H and O–H groups in total. The van der Waals surface area contributed by atoms with Crippen molar-refractivity contribution in [3.8, 4) is 5.75 Å². The lowest BCUT2D eigenvalue weighted by atomic mass is 10.0. The summed E-state index contributed by atoms with van der Waals surface area (Å²) in [4.78, 5) is 35.1. The Balaban J connectivity index is 2.00.